The molecule has 5 nitrogen and oxygen atoms in total. The Morgan fingerprint density at radius 1 is 1.28 bits per heavy atom. The first-order valence-electron chi connectivity index (χ1n) is 8.82. The molecule has 6 heteroatoms. The standard InChI is InChI=1S/C19H22FN5/c1-2-4-13-6-7-14(20)11-15(13)16-5-3-9-24(16)18-8-10-25-19(22-18)12-17(21)23-25/h6-8,10-12,16H,2-5,9H2,1H3,(H2,21,23). The Morgan fingerprint density at radius 2 is 2.16 bits per heavy atom. The van der Waals surface area contributed by atoms with Crippen LogP contribution in [0, 0.1) is 5.82 Å². The van der Waals surface area contributed by atoms with Crippen molar-refractivity contribution < 1.29 is 4.39 Å². The maximum Gasteiger partial charge on any atom is 0.159 e. The van der Waals surface area contributed by atoms with Crippen LogP contribution in [0.3, 0.4) is 0 Å². The molecule has 25 heavy (non-hydrogen) atoms. The summed E-state index contributed by atoms with van der Waals surface area (Å²) in [6.07, 6.45) is 5.97. The van der Waals surface area contributed by atoms with Crippen LogP contribution >= 0.6 is 0 Å². The lowest BCUT2D eigenvalue weighted by Crippen LogP contribution is -2.24. The summed E-state index contributed by atoms with van der Waals surface area (Å²) >= 11 is 0. The summed E-state index contributed by atoms with van der Waals surface area (Å²) in [7, 11) is 0. The Balaban J connectivity index is 1.73. The fraction of sp³-hybridized carbons (Fsp3) is 0.368. The number of nitrogen functional groups attached to an aromatic ring is 1. The van der Waals surface area contributed by atoms with E-state index in [-0.39, 0.29) is 11.9 Å². The Labute approximate surface area is 146 Å². The lowest BCUT2D eigenvalue weighted by Gasteiger charge is -2.28. The van der Waals surface area contributed by atoms with Crippen molar-refractivity contribution in [3.05, 3.63) is 53.5 Å². The van der Waals surface area contributed by atoms with Gasteiger partial charge in [-0.15, -0.1) is 5.10 Å². The molecule has 1 aliphatic heterocycles. The lowest BCUT2D eigenvalue weighted by molar-refractivity contribution is 0.614. The Kier molecular flexibility index (Phi) is 4.03. The van der Waals surface area contributed by atoms with Gasteiger partial charge < -0.3 is 10.6 Å². The normalized spacial score (nSPS) is 17.5. The summed E-state index contributed by atoms with van der Waals surface area (Å²) in [6, 6.07) is 9.07. The van der Waals surface area contributed by atoms with E-state index < -0.39 is 0 Å². The van der Waals surface area contributed by atoms with Crippen LogP contribution in [0.15, 0.2) is 36.5 Å². The number of benzene rings is 1. The molecule has 0 aliphatic carbocycles. The zero-order chi connectivity index (χ0) is 17.4. The van der Waals surface area contributed by atoms with Crippen molar-refractivity contribution in [1.82, 2.24) is 14.6 Å². The van der Waals surface area contributed by atoms with Gasteiger partial charge >= 0.3 is 0 Å². The molecule has 130 valence electrons. The van der Waals surface area contributed by atoms with Gasteiger partial charge in [0.15, 0.2) is 5.65 Å². The molecule has 1 aromatic carbocycles. The number of nitrogens with zero attached hydrogens (tertiary/aromatic N) is 4. The molecule has 0 saturated carbocycles. The average Bonchev–Trinajstić information content (AvgIpc) is 3.21. The maximum absolute atomic E-state index is 13.9. The van der Waals surface area contributed by atoms with Crippen molar-refractivity contribution >= 4 is 17.3 Å². The fourth-order valence-electron chi connectivity index (χ4n) is 3.79. The molecular formula is C19H22FN5. The van der Waals surface area contributed by atoms with Gasteiger partial charge in [0.25, 0.3) is 0 Å². The summed E-state index contributed by atoms with van der Waals surface area (Å²) in [5.41, 5.74) is 8.81. The molecule has 0 spiro atoms. The summed E-state index contributed by atoms with van der Waals surface area (Å²) in [4.78, 5) is 6.98. The highest BCUT2D eigenvalue weighted by Crippen LogP contribution is 2.37. The topological polar surface area (TPSA) is 59.5 Å². The van der Waals surface area contributed by atoms with Crippen molar-refractivity contribution in [3.63, 3.8) is 0 Å². The van der Waals surface area contributed by atoms with Crippen molar-refractivity contribution in [2.75, 3.05) is 17.2 Å². The molecule has 3 aromatic rings. The van der Waals surface area contributed by atoms with E-state index in [0.717, 1.165) is 49.3 Å². The van der Waals surface area contributed by atoms with Gasteiger partial charge in [0, 0.05) is 18.8 Å². The highest BCUT2D eigenvalue weighted by Gasteiger charge is 2.29. The van der Waals surface area contributed by atoms with E-state index in [4.69, 9.17) is 10.7 Å². The molecule has 2 N–H and O–H groups in total. The summed E-state index contributed by atoms with van der Waals surface area (Å²) in [5, 5.41) is 4.17. The minimum atomic E-state index is -0.173. The Hall–Kier alpha value is -2.63. The highest BCUT2D eigenvalue weighted by atomic mass is 19.1. The monoisotopic (exact) mass is 339 g/mol. The summed E-state index contributed by atoms with van der Waals surface area (Å²) in [5.74, 6) is 1.17. The van der Waals surface area contributed by atoms with Crippen molar-refractivity contribution in [2.24, 2.45) is 0 Å². The molecule has 0 radical (unpaired) electrons. The molecule has 1 aliphatic rings. The maximum atomic E-state index is 13.9. The smallest absolute Gasteiger partial charge is 0.159 e. The minimum absolute atomic E-state index is 0.160. The first-order valence-corrected chi connectivity index (χ1v) is 8.82. The van der Waals surface area contributed by atoms with E-state index in [2.05, 4.69) is 16.9 Å². The first-order chi connectivity index (χ1) is 12.2. The highest BCUT2D eigenvalue weighted by molar-refractivity contribution is 5.54. The molecule has 2 aromatic heterocycles. The van der Waals surface area contributed by atoms with Gasteiger partial charge in [-0.05, 0) is 48.6 Å². The number of hydrogen-bond donors (Lipinski definition) is 1. The van der Waals surface area contributed by atoms with Crippen LogP contribution in [0.5, 0.6) is 0 Å². The van der Waals surface area contributed by atoms with E-state index in [1.165, 1.54) is 5.56 Å². The van der Waals surface area contributed by atoms with E-state index in [1.54, 1.807) is 22.7 Å². The first kappa shape index (κ1) is 15.9. The van der Waals surface area contributed by atoms with Gasteiger partial charge in [-0.25, -0.2) is 13.9 Å². The molecule has 0 amide bonds. The summed E-state index contributed by atoms with van der Waals surface area (Å²) < 4.78 is 15.6. The third kappa shape index (κ3) is 2.92. The number of aryl methyl sites for hydroxylation is 1. The van der Waals surface area contributed by atoms with Crippen molar-refractivity contribution in [3.8, 4) is 0 Å². The minimum Gasteiger partial charge on any atom is -0.382 e. The molecule has 1 unspecified atom stereocenters. The molecule has 4 rings (SSSR count). The van der Waals surface area contributed by atoms with Crippen LogP contribution in [0.4, 0.5) is 16.0 Å². The number of anilines is 2. The Bertz CT molecular complexity index is 904. The third-order valence-corrected chi connectivity index (χ3v) is 4.86. The van der Waals surface area contributed by atoms with Crippen LogP contribution in [0.2, 0.25) is 0 Å². The third-order valence-electron chi connectivity index (χ3n) is 4.86. The number of aromatic nitrogens is 3. The molecule has 0 bridgehead atoms. The SMILES string of the molecule is CCCc1ccc(F)cc1C1CCCN1c1ccn2nc(N)cc2n1. The predicted molar refractivity (Wildman–Crippen MR) is 97.1 cm³/mol. The van der Waals surface area contributed by atoms with Gasteiger partial charge in [0.2, 0.25) is 0 Å². The van der Waals surface area contributed by atoms with Gasteiger partial charge in [0.05, 0.1) is 6.04 Å². The van der Waals surface area contributed by atoms with Crippen LogP contribution in [-0.2, 0) is 6.42 Å². The van der Waals surface area contributed by atoms with Crippen LogP contribution in [0.25, 0.3) is 5.65 Å². The Morgan fingerprint density at radius 3 is 3.00 bits per heavy atom. The predicted octanol–water partition coefficient (Wildman–Crippen LogP) is 3.74. The number of hydrogen-bond acceptors (Lipinski definition) is 4. The zero-order valence-corrected chi connectivity index (χ0v) is 14.3. The van der Waals surface area contributed by atoms with Crippen molar-refractivity contribution in [2.45, 2.75) is 38.6 Å². The molecule has 1 saturated heterocycles. The lowest BCUT2D eigenvalue weighted by atomic mass is 9.95. The molecule has 1 atom stereocenters. The fourth-order valence-corrected chi connectivity index (χ4v) is 3.79. The summed E-state index contributed by atoms with van der Waals surface area (Å²) in [6.45, 7) is 3.07. The molecular weight excluding hydrogens is 317 g/mol. The van der Waals surface area contributed by atoms with Gasteiger partial charge in [0.1, 0.15) is 17.5 Å². The molecule has 1 fully saturated rings. The van der Waals surface area contributed by atoms with E-state index in [1.807, 2.05) is 18.3 Å². The van der Waals surface area contributed by atoms with Gasteiger partial charge in [-0.2, -0.15) is 0 Å². The zero-order valence-electron chi connectivity index (χ0n) is 14.3. The van der Waals surface area contributed by atoms with E-state index in [0.29, 0.717) is 5.82 Å². The van der Waals surface area contributed by atoms with Crippen LogP contribution in [0.1, 0.15) is 43.4 Å². The number of fused-ring (bicyclic) bond motifs is 1. The van der Waals surface area contributed by atoms with Gasteiger partial charge in [-0.1, -0.05) is 19.4 Å². The van der Waals surface area contributed by atoms with Crippen LogP contribution in [-0.4, -0.2) is 21.1 Å². The second-order valence-electron chi connectivity index (χ2n) is 6.60. The second-order valence-corrected chi connectivity index (χ2v) is 6.60. The second kappa shape index (κ2) is 6.35. The molecule has 3 heterocycles. The number of halogens is 1. The van der Waals surface area contributed by atoms with Crippen molar-refractivity contribution in [1.29, 1.82) is 0 Å². The quantitative estimate of drug-likeness (QED) is 0.786. The largest absolute Gasteiger partial charge is 0.382 e. The van der Waals surface area contributed by atoms with E-state index >= 15 is 0 Å². The van der Waals surface area contributed by atoms with E-state index in [9.17, 15) is 4.39 Å². The average molecular weight is 339 g/mol. The van der Waals surface area contributed by atoms with Gasteiger partial charge in [-0.3, -0.25) is 0 Å². The number of nitrogens with two attached hydrogens (primary N) is 1. The number of rotatable bonds is 4. The van der Waals surface area contributed by atoms with Crippen LogP contribution < -0.4 is 10.6 Å².